The molecule has 0 aromatic carbocycles. The molecule has 0 amide bonds. The second kappa shape index (κ2) is 3.58. The van der Waals surface area contributed by atoms with Gasteiger partial charge in [-0.2, -0.15) is 0 Å². The van der Waals surface area contributed by atoms with Crippen LogP contribution in [0, 0.1) is 11.8 Å². The zero-order valence-electron chi connectivity index (χ0n) is 8.34. The standard InChI is InChI=1S/C11H21NO/c12-8-11(13,10-6-7-10)9-4-2-1-3-5-9/h9-10,13H,1-8,12H2. The number of rotatable bonds is 3. The highest BCUT2D eigenvalue weighted by molar-refractivity contribution is 5.00. The molecule has 76 valence electrons. The van der Waals surface area contributed by atoms with Gasteiger partial charge in [0.25, 0.3) is 0 Å². The normalized spacial score (nSPS) is 30.0. The molecule has 1 atom stereocenters. The van der Waals surface area contributed by atoms with Crippen molar-refractivity contribution in [1.29, 1.82) is 0 Å². The van der Waals surface area contributed by atoms with Crippen molar-refractivity contribution in [3.05, 3.63) is 0 Å². The lowest BCUT2D eigenvalue weighted by atomic mass is 9.74. The monoisotopic (exact) mass is 183 g/mol. The van der Waals surface area contributed by atoms with E-state index in [2.05, 4.69) is 0 Å². The highest BCUT2D eigenvalue weighted by atomic mass is 16.3. The predicted molar refractivity (Wildman–Crippen MR) is 53.3 cm³/mol. The van der Waals surface area contributed by atoms with Crippen molar-refractivity contribution >= 4 is 0 Å². The van der Waals surface area contributed by atoms with E-state index in [1.165, 1.54) is 44.9 Å². The minimum Gasteiger partial charge on any atom is -0.388 e. The fourth-order valence-corrected chi connectivity index (χ4v) is 2.85. The lowest BCUT2D eigenvalue weighted by Gasteiger charge is -2.38. The van der Waals surface area contributed by atoms with Crippen LogP contribution in [0.3, 0.4) is 0 Å². The Bertz CT molecular complexity index is 173. The van der Waals surface area contributed by atoms with Crippen molar-refractivity contribution in [2.24, 2.45) is 17.6 Å². The second-order valence-electron chi connectivity index (χ2n) is 4.80. The van der Waals surface area contributed by atoms with Crippen molar-refractivity contribution in [1.82, 2.24) is 0 Å². The van der Waals surface area contributed by atoms with Gasteiger partial charge in [-0.3, -0.25) is 0 Å². The van der Waals surface area contributed by atoms with Crippen LogP contribution in [0.25, 0.3) is 0 Å². The fourth-order valence-electron chi connectivity index (χ4n) is 2.85. The molecule has 0 saturated heterocycles. The second-order valence-corrected chi connectivity index (χ2v) is 4.80. The molecule has 0 spiro atoms. The van der Waals surface area contributed by atoms with Crippen LogP contribution in [0.1, 0.15) is 44.9 Å². The molecule has 1 unspecified atom stereocenters. The van der Waals surface area contributed by atoms with E-state index in [-0.39, 0.29) is 0 Å². The van der Waals surface area contributed by atoms with Gasteiger partial charge in [0.15, 0.2) is 0 Å². The van der Waals surface area contributed by atoms with Gasteiger partial charge in [-0.05, 0) is 37.5 Å². The molecule has 2 saturated carbocycles. The molecule has 0 aromatic rings. The molecule has 2 nitrogen and oxygen atoms in total. The zero-order chi connectivity index (χ0) is 9.31. The molecule has 0 bridgehead atoms. The van der Waals surface area contributed by atoms with Gasteiger partial charge < -0.3 is 10.8 Å². The molecule has 2 rings (SSSR count). The third-order valence-electron chi connectivity index (χ3n) is 3.92. The SMILES string of the molecule is NCC(O)(C1CCCCC1)C1CC1. The molecule has 0 aliphatic heterocycles. The maximum Gasteiger partial charge on any atom is 0.0825 e. The van der Waals surface area contributed by atoms with Crippen LogP contribution >= 0.6 is 0 Å². The summed E-state index contributed by atoms with van der Waals surface area (Å²) >= 11 is 0. The average Bonchev–Trinajstić information content (AvgIpc) is 3.02. The lowest BCUT2D eigenvalue weighted by molar-refractivity contribution is -0.0442. The van der Waals surface area contributed by atoms with E-state index in [1.54, 1.807) is 0 Å². The maximum atomic E-state index is 10.5. The van der Waals surface area contributed by atoms with Crippen molar-refractivity contribution in [2.75, 3.05) is 6.54 Å². The van der Waals surface area contributed by atoms with E-state index in [9.17, 15) is 5.11 Å². The number of aliphatic hydroxyl groups is 1. The first-order chi connectivity index (χ1) is 6.27. The Kier molecular flexibility index (Phi) is 2.61. The van der Waals surface area contributed by atoms with E-state index in [0.717, 1.165) is 0 Å². The van der Waals surface area contributed by atoms with Crippen LogP contribution in [0.5, 0.6) is 0 Å². The smallest absolute Gasteiger partial charge is 0.0825 e. The Morgan fingerprint density at radius 2 is 1.54 bits per heavy atom. The van der Waals surface area contributed by atoms with Crippen molar-refractivity contribution in [2.45, 2.75) is 50.5 Å². The molecule has 0 radical (unpaired) electrons. The number of hydrogen-bond donors (Lipinski definition) is 2. The molecule has 3 N–H and O–H groups in total. The van der Waals surface area contributed by atoms with Crippen molar-refractivity contribution in [3.63, 3.8) is 0 Å². The summed E-state index contributed by atoms with van der Waals surface area (Å²) in [5.74, 6) is 1.03. The maximum absolute atomic E-state index is 10.5. The van der Waals surface area contributed by atoms with Crippen molar-refractivity contribution in [3.8, 4) is 0 Å². The summed E-state index contributed by atoms with van der Waals surface area (Å²) in [7, 11) is 0. The molecule has 0 heterocycles. The molecule has 2 aliphatic rings. The summed E-state index contributed by atoms with van der Waals surface area (Å²) in [6.07, 6.45) is 8.73. The van der Waals surface area contributed by atoms with Gasteiger partial charge in [-0.25, -0.2) is 0 Å². The summed E-state index contributed by atoms with van der Waals surface area (Å²) < 4.78 is 0. The largest absolute Gasteiger partial charge is 0.388 e. The molecule has 13 heavy (non-hydrogen) atoms. The van der Waals surface area contributed by atoms with Gasteiger partial charge in [-0.15, -0.1) is 0 Å². The fraction of sp³-hybridized carbons (Fsp3) is 1.00. The summed E-state index contributed by atoms with van der Waals surface area (Å²) in [4.78, 5) is 0. The van der Waals surface area contributed by atoms with Gasteiger partial charge in [0, 0.05) is 6.54 Å². The Hall–Kier alpha value is -0.0800. The summed E-state index contributed by atoms with van der Waals surface area (Å²) in [5, 5.41) is 10.5. The Balaban J connectivity index is 2.00. The van der Waals surface area contributed by atoms with Crippen LogP contribution in [0.15, 0.2) is 0 Å². The first kappa shape index (κ1) is 9.47. The van der Waals surface area contributed by atoms with E-state index in [1.807, 2.05) is 0 Å². The molecular weight excluding hydrogens is 162 g/mol. The van der Waals surface area contributed by atoms with Crippen LogP contribution < -0.4 is 5.73 Å². The highest BCUT2D eigenvalue weighted by Crippen LogP contribution is 2.47. The van der Waals surface area contributed by atoms with Crippen LogP contribution in [0.2, 0.25) is 0 Å². The first-order valence-electron chi connectivity index (χ1n) is 5.70. The van der Waals surface area contributed by atoms with Gasteiger partial charge in [-0.1, -0.05) is 19.3 Å². The van der Waals surface area contributed by atoms with Gasteiger partial charge in [0.1, 0.15) is 0 Å². The van der Waals surface area contributed by atoms with Gasteiger partial charge >= 0.3 is 0 Å². The zero-order valence-corrected chi connectivity index (χ0v) is 8.34. The van der Waals surface area contributed by atoms with Gasteiger partial charge in [0.05, 0.1) is 5.60 Å². The summed E-state index contributed by atoms with van der Waals surface area (Å²) in [6.45, 7) is 0.475. The van der Waals surface area contributed by atoms with Crippen molar-refractivity contribution < 1.29 is 5.11 Å². The Morgan fingerprint density at radius 3 is 2.00 bits per heavy atom. The lowest BCUT2D eigenvalue weighted by Crippen LogP contribution is -2.47. The van der Waals surface area contributed by atoms with Crippen LogP contribution in [-0.2, 0) is 0 Å². The number of nitrogens with two attached hydrogens (primary N) is 1. The molecular formula is C11H21NO. The average molecular weight is 183 g/mol. The van der Waals surface area contributed by atoms with Crippen LogP contribution in [0.4, 0.5) is 0 Å². The first-order valence-corrected chi connectivity index (χ1v) is 5.70. The molecule has 2 heteroatoms. The topological polar surface area (TPSA) is 46.2 Å². The Morgan fingerprint density at radius 1 is 1.00 bits per heavy atom. The van der Waals surface area contributed by atoms with Crippen LogP contribution in [-0.4, -0.2) is 17.3 Å². The quantitative estimate of drug-likeness (QED) is 0.699. The van der Waals surface area contributed by atoms with E-state index < -0.39 is 5.60 Å². The molecule has 2 aliphatic carbocycles. The predicted octanol–water partition coefficient (Wildman–Crippen LogP) is 1.67. The van der Waals surface area contributed by atoms with E-state index >= 15 is 0 Å². The Labute approximate surface area is 80.5 Å². The minimum absolute atomic E-state index is 0.475. The summed E-state index contributed by atoms with van der Waals surface area (Å²) in [5.41, 5.74) is 5.23. The highest BCUT2D eigenvalue weighted by Gasteiger charge is 2.47. The number of hydrogen-bond acceptors (Lipinski definition) is 2. The van der Waals surface area contributed by atoms with Gasteiger partial charge in [0.2, 0.25) is 0 Å². The third kappa shape index (κ3) is 1.75. The molecule has 2 fully saturated rings. The minimum atomic E-state index is -0.500. The van der Waals surface area contributed by atoms with E-state index in [0.29, 0.717) is 18.4 Å². The van der Waals surface area contributed by atoms with E-state index in [4.69, 9.17) is 5.73 Å². The third-order valence-corrected chi connectivity index (χ3v) is 3.92. The summed E-state index contributed by atoms with van der Waals surface area (Å²) in [6, 6.07) is 0. The molecule has 0 aromatic heterocycles.